The summed E-state index contributed by atoms with van der Waals surface area (Å²) in [7, 11) is 3.53. The number of hydrogen-bond acceptors (Lipinski definition) is 4. The first kappa shape index (κ1) is 21.5. The molecule has 7 nitrogen and oxygen atoms in total. The molecular formula is C22H31IN6O. The van der Waals surface area contributed by atoms with Gasteiger partial charge in [0.1, 0.15) is 12.4 Å². The third-order valence-corrected chi connectivity index (χ3v) is 6.74. The van der Waals surface area contributed by atoms with Gasteiger partial charge in [0.05, 0.1) is 6.54 Å². The Hall–Kier alpha value is -1.68. The fourth-order valence-electron chi connectivity index (χ4n) is 5.26. The van der Waals surface area contributed by atoms with Gasteiger partial charge in [0.15, 0.2) is 11.8 Å². The van der Waals surface area contributed by atoms with Crippen LogP contribution < -0.4 is 10.6 Å². The molecule has 0 bridgehead atoms. The van der Waals surface area contributed by atoms with Crippen molar-refractivity contribution in [3.8, 4) is 0 Å². The molecule has 1 aliphatic heterocycles. The normalized spacial score (nSPS) is 26.7. The largest absolute Gasteiger partial charge is 0.377 e. The second-order valence-electron chi connectivity index (χ2n) is 8.48. The van der Waals surface area contributed by atoms with E-state index >= 15 is 0 Å². The highest BCUT2D eigenvalue weighted by Crippen LogP contribution is 2.59. The second-order valence-corrected chi connectivity index (χ2v) is 8.48. The molecule has 2 aromatic rings. The molecule has 2 aliphatic carbocycles. The van der Waals surface area contributed by atoms with Crippen molar-refractivity contribution in [2.24, 2.45) is 16.8 Å². The van der Waals surface area contributed by atoms with E-state index in [0.29, 0.717) is 12.6 Å². The summed E-state index contributed by atoms with van der Waals surface area (Å²) >= 11 is 0. The van der Waals surface area contributed by atoms with Crippen molar-refractivity contribution in [3.05, 3.63) is 47.0 Å². The number of hydrogen-bond donors (Lipinski definition) is 2. The van der Waals surface area contributed by atoms with E-state index in [2.05, 4.69) is 50.0 Å². The summed E-state index contributed by atoms with van der Waals surface area (Å²) in [6, 6.07) is 9.30. The molecule has 162 valence electrons. The van der Waals surface area contributed by atoms with E-state index in [0.717, 1.165) is 61.3 Å². The molecule has 3 aliphatic rings. The van der Waals surface area contributed by atoms with Crippen LogP contribution in [0.3, 0.4) is 0 Å². The third-order valence-electron chi connectivity index (χ3n) is 6.74. The van der Waals surface area contributed by atoms with Crippen molar-refractivity contribution in [2.45, 2.75) is 50.8 Å². The lowest BCUT2D eigenvalue weighted by Gasteiger charge is -2.25. The summed E-state index contributed by atoms with van der Waals surface area (Å²) in [5.41, 5.74) is 3.13. The topological polar surface area (TPSA) is 76.4 Å². The van der Waals surface area contributed by atoms with Crippen LogP contribution >= 0.6 is 24.0 Å². The molecule has 4 unspecified atom stereocenters. The number of benzene rings is 1. The van der Waals surface area contributed by atoms with Gasteiger partial charge < -0.3 is 15.4 Å². The van der Waals surface area contributed by atoms with Gasteiger partial charge in [-0.2, -0.15) is 5.10 Å². The minimum Gasteiger partial charge on any atom is -0.377 e. The van der Waals surface area contributed by atoms with Crippen LogP contribution in [0.15, 0.2) is 29.3 Å². The maximum Gasteiger partial charge on any atom is 0.191 e. The van der Waals surface area contributed by atoms with Crippen LogP contribution in [0.5, 0.6) is 0 Å². The van der Waals surface area contributed by atoms with E-state index in [9.17, 15) is 0 Å². The Morgan fingerprint density at radius 2 is 2.13 bits per heavy atom. The standard InChI is InChI=1S/C22H30N6O.HI/c1-23-22(25-15-8-10-20-26-19(13-29-2)27-28(20)12-15)24-11-18-17-9-7-14-5-3-4-6-16(14)21(17)18;/h3-6,15,17-18,21H,7-13H2,1-2H3,(H2,23,24,25);1H. The summed E-state index contributed by atoms with van der Waals surface area (Å²) in [6.45, 7) is 2.27. The minimum atomic E-state index is 0. The van der Waals surface area contributed by atoms with Gasteiger partial charge in [-0.1, -0.05) is 24.3 Å². The average Bonchev–Trinajstić information content (AvgIpc) is 3.32. The molecule has 1 aromatic heterocycles. The molecule has 0 radical (unpaired) electrons. The van der Waals surface area contributed by atoms with E-state index in [1.807, 2.05) is 11.7 Å². The quantitative estimate of drug-likeness (QED) is 0.359. The van der Waals surface area contributed by atoms with E-state index < -0.39 is 0 Å². The van der Waals surface area contributed by atoms with Crippen LogP contribution in [0, 0.1) is 11.8 Å². The zero-order valence-electron chi connectivity index (χ0n) is 17.7. The number of halogens is 1. The van der Waals surface area contributed by atoms with E-state index in [-0.39, 0.29) is 24.0 Å². The lowest BCUT2D eigenvalue weighted by molar-refractivity contribution is 0.177. The van der Waals surface area contributed by atoms with E-state index in [4.69, 9.17) is 4.74 Å². The molecule has 0 saturated heterocycles. The Bertz CT molecular complexity index is 913. The smallest absolute Gasteiger partial charge is 0.191 e. The van der Waals surface area contributed by atoms with E-state index in [1.165, 1.54) is 12.8 Å². The van der Waals surface area contributed by atoms with Crippen molar-refractivity contribution < 1.29 is 4.74 Å². The number of nitrogens with one attached hydrogen (secondary N) is 2. The minimum absolute atomic E-state index is 0. The van der Waals surface area contributed by atoms with Gasteiger partial charge in [0.2, 0.25) is 0 Å². The molecule has 0 spiro atoms. The zero-order valence-corrected chi connectivity index (χ0v) is 20.0. The van der Waals surface area contributed by atoms with Crippen molar-refractivity contribution in [3.63, 3.8) is 0 Å². The lowest BCUT2D eigenvalue weighted by Crippen LogP contribution is -2.47. The maximum absolute atomic E-state index is 5.15. The van der Waals surface area contributed by atoms with Crippen LogP contribution in [-0.4, -0.2) is 47.5 Å². The third kappa shape index (κ3) is 4.21. The summed E-state index contributed by atoms with van der Waals surface area (Å²) in [6.07, 6.45) is 4.51. The highest BCUT2D eigenvalue weighted by molar-refractivity contribution is 14.0. The number of nitrogens with zero attached hydrogens (tertiary/aromatic N) is 4. The van der Waals surface area contributed by atoms with Gasteiger partial charge >= 0.3 is 0 Å². The maximum atomic E-state index is 5.15. The monoisotopic (exact) mass is 522 g/mol. The van der Waals surface area contributed by atoms with Gasteiger partial charge in [-0.05, 0) is 48.1 Å². The van der Waals surface area contributed by atoms with Crippen LogP contribution in [0.2, 0.25) is 0 Å². The number of rotatable bonds is 5. The zero-order chi connectivity index (χ0) is 19.8. The number of methoxy groups -OCH3 is 1. The number of fused-ring (bicyclic) bond motifs is 4. The first-order valence-electron chi connectivity index (χ1n) is 10.7. The summed E-state index contributed by atoms with van der Waals surface area (Å²) < 4.78 is 7.16. The van der Waals surface area contributed by atoms with Crippen molar-refractivity contribution in [2.75, 3.05) is 20.7 Å². The Morgan fingerprint density at radius 3 is 2.97 bits per heavy atom. The van der Waals surface area contributed by atoms with Crippen molar-refractivity contribution in [1.82, 2.24) is 25.4 Å². The molecule has 0 amide bonds. The first-order valence-corrected chi connectivity index (χ1v) is 10.7. The van der Waals surface area contributed by atoms with Crippen molar-refractivity contribution in [1.29, 1.82) is 0 Å². The summed E-state index contributed by atoms with van der Waals surface area (Å²) in [5, 5.41) is 11.7. The Kier molecular flexibility index (Phi) is 6.62. The molecule has 4 atom stereocenters. The average molecular weight is 522 g/mol. The van der Waals surface area contributed by atoms with E-state index in [1.54, 1.807) is 18.2 Å². The molecule has 1 aromatic carbocycles. The fraction of sp³-hybridized carbons (Fsp3) is 0.591. The summed E-state index contributed by atoms with van der Waals surface area (Å²) in [4.78, 5) is 9.02. The number of aryl methyl sites for hydroxylation is 2. The first-order chi connectivity index (χ1) is 14.3. The van der Waals surface area contributed by atoms with Crippen LogP contribution in [0.1, 0.15) is 41.5 Å². The highest BCUT2D eigenvalue weighted by atomic mass is 127. The highest BCUT2D eigenvalue weighted by Gasteiger charge is 2.52. The number of aromatic nitrogens is 3. The number of aliphatic imine (C=N–C) groups is 1. The number of ether oxygens (including phenoxy) is 1. The molecular weight excluding hydrogens is 491 g/mol. The Labute approximate surface area is 195 Å². The Morgan fingerprint density at radius 1 is 1.27 bits per heavy atom. The molecule has 30 heavy (non-hydrogen) atoms. The van der Waals surface area contributed by atoms with Gasteiger partial charge in [0, 0.05) is 33.2 Å². The number of guanidine groups is 1. The summed E-state index contributed by atoms with van der Waals surface area (Å²) in [5.74, 6) is 5.01. The van der Waals surface area contributed by atoms with Gasteiger partial charge in [-0.25, -0.2) is 9.67 Å². The predicted molar refractivity (Wildman–Crippen MR) is 127 cm³/mol. The molecule has 1 fully saturated rings. The Balaban J connectivity index is 0.00000218. The lowest BCUT2D eigenvalue weighted by atomic mass is 9.92. The SMILES string of the molecule is CN=C(NCC1C2CCc3ccccc3C21)NC1CCc2nc(COC)nn2C1.I. The van der Waals surface area contributed by atoms with Crippen molar-refractivity contribution >= 4 is 29.9 Å². The fourth-order valence-corrected chi connectivity index (χ4v) is 5.26. The van der Waals surface area contributed by atoms with Crippen LogP contribution in [0.4, 0.5) is 0 Å². The predicted octanol–water partition coefficient (Wildman–Crippen LogP) is 2.50. The molecule has 2 N–H and O–H groups in total. The molecule has 5 rings (SSSR count). The van der Waals surface area contributed by atoms with Crippen LogP contribution in [-0.2, 0) is 30.7 Å². The molecule has 8 heteroatoms. The molecule has 2 heterocycles. The second kappa shape index (κ2) is 9.21. The van der Waals surface area contributed by atoms with Crippen LogP contribution in [0.25, 0.3) is 0 Å². The molecule has 1 saturated carbocycles. The van der Waals surface area contributed by atoms with Gasteiger partial charge in [-0.15, -0.1) is 24.0 Å². The van der Waals surface area contributed by atoms with Gasteiger partial charge in [-0.3, -0.25) is 4.99 Å². The van der Waals surface area contributed by atoms with Gasteiger partial charge in [0.25, 0.3) is 0 Å².